The molecule has 1 aromatic carbocycles. The first-order chi connectivity index (χ1) is 10.9. The van der Waals surface area contributed by atoms with Gasteiger partial charge in [0, 0.05) is 6.54 Å². The van der Waals surface area contributed by atoms with Gasteiger partial charge >= 0.3 is 11.9 Å². The van der Waals surface area contributed by atoms with Crippen molar-refractivity contribution in [1.82, 2.24) is 4.90 Å². The Morgan fingerprint density at radius 3 is 2.22 bits per heavy atom. The molecule has 0 amide bonds. The van der Waals surface area contributed by atoms with Crippen LogP contribution in [0.15, 0.2) is 24.3 Å². The Labute approximate surface area is 136 Å². The molecule has 1 aromatic rings. The number of para-hydroxylation sites is 1. The van der Waals surface area contributed by atoms with E-state index in [9.17, 15) is 0 Å². The molecule has 0 aromatic heterocycles. The number of ether oxygens (including phenoxy) is 1. The number of benzene rings is 1. The van der Waals surface area contributed by atoms with Gasteiger partial charge in [0.2, 0.25) is 0 Å². The lowest BCUT2D eigenvalue weighted by Crippen LogP contribution is -2.25. The molecule has 6 nitrogen and oxygen atoms in total. The van der Waals surface area contributed by atoms with Crippen LogP contribution in [0.5, 0.6) is 5.75 Å². The normalized spacial score (nSPS) is 14.2. The Bertz CT molecular complexity index is 497. The largest absolute Gasteiger partial charge is 0.492 e. The molecular formula is C17H25NO5. The Hall–Kier alpha value is -2.08. The molecule has 1 heterocycles. The predicted octanol–water partition coefficient (Wildman–Crippen LogP) is 2.44. The molecule has 1 aliphatic rings. The molecule has 0 saturated carbocycles. The summed E-state index contributed by atoms with van der Waals surface area (Å²) in [6.45, 7) is 8.78. The third kappa shape index (κ3) is 7.15. The van der Waals surface area contributed by atoms with Crippen LogP contribution in [-0.2, 0) is 9.59 Å². The summed E-state index contributed by atoms with van der Waals surface area (Å²) >= 11 is 0. The summed E-state index contributed by atoms with van der Waals surface area (Å²) in [7, 11) is 0. The minimum atomic E-state index is -1.82. The molecule has 0 aliphatic carbocycles. The second-order valence-electron chi connectivity index (χ2n) is 5.70. The summed E-state index contributed by atoms with van der Waals surface area (Å²) in [5, 5.41) is 14.8. The Morgan fingerprint density at radius 1 is 1.13 bits per heavy atom. The molecule has 1 aliphatic heterocycles. The van der Waals surface area contributed by atoms with E-state index >= 15 is 0 Å². The zero-order valence-corrected chi connectivity index (χ0v) is 13.7. The number of carboxylic acid groups (broad SMARTS) is 2. The molecule has 23 heavy (non-hydrogen) atoms. The summed E-state index contributed by atoms with van der Waals surface area (Å²) in [5.41, 5.74) is 1.31. The maximum Gasteiger partial charge on any atom is 0.414 e. The van der Waals surface area contributed by atoms with E-state index in [1.165, 1.54) is 31.5 Å². The van der Waals surface area contributed by atoms with Crippen molar-refractivity contribution in [3.8, 4) is 5.75 Å². The quantitative estimate of drug-likeness (QED) is 0.809. The van der Waals surface area contributed by atoms with E-state index in [2.05, 4.69) is 43.0 Å². The van der Waals surface area contributed by atoms with Crippen LogP contribution in [0.3, 0.4) is 0 Å². The van der Waals surface area contributed by atoms with E-state index in [-0.39, 0.29) is 0 Å². The van der Waals surface area contributed by atoms with Gasteiger partial charge in [0.15, 0.2) is 0 Å². The first kappa shape index (κ1) is 19.0. The monoisotopic (exact) mass is 323 g/mol. The van der Waals surface area contributed by atoms with Crippen LogP contribution in [0.25, 0.3) is 0 Å². The molecule has 0 radical (unpaired) electrons. The van der Waals surface area contributed by atoms with Gasteiger partial charge < -0.3 is 14.9 Å². The van der Waals surface area contributed by atoms with Crippen LogP contribution in [0, 0.1) is 0 Å². The van der Waals surface area contributed by atoms with Crippen LogP contribution in [0.1, 0.15) is 38.2 Å². The molecular weight excluding hydrogens is 298 g/mol. The number of aliphatic carboxylic acids is 2. The van der Waals surface area contributed by atoms with E-state index in [1.54, 1.807) is 0 Å². The number of carboxylic acids is 2. The third-order valence-electron chi connectivity index (χ3n) is 3.59. The zero-order valence-electron chi connectivity index (χ0n) is 13.7. The molecule has 1 fully saturated rings. The second-order valence-corrected chi connectivity index (χ2v) is 5.70. The lowest BCUT2D eigenvalue weighted by Gasteiger charge is -2.17. The SMILES string of the molecule is CC(C)c1ccccc1OCCN1CCCC1.O=C(O)C(=O)O. The summed E-state index contributed by atoms with van der Waals surface area (Å²) in [4.78, 5) is 20.7. The van der Waals surface area contributed by atoms with E-state index < -0.39 is 11.9 Å². The Balaban J connectivity index is 0.000000379. The fourth-order valence-corrected chi connectivity index (χ4v) is 2.38. The predicted molar refractivity (Wildman–Crippen MR) is 87.0 cm³/mol. The molecule has 128 valence electrons. The van der Waals surface area contributed by atoms with Crippen molar-refractivity contribution in [2.45, 2.75) is 32.6 Å². The molecule has 1 saturated heterocycles. The summed E-state index contributed by atoms with van der Waals surface area (Å²) in [5.74, 6) is -2.07. The molecule has 6 heteroatoms. The number of nitrogens with zero attached hydrogens (tertiary/aromatic N) is 1. The van der Waals surface area contributed by atoms with E-state index in [4.69, 9.17) is 24.5 Å². The van der Waals surface area contributed by atoms with Gasteiger partial charge in [0.05, 0.1) is 0 Å². The molecule has 0 bridgehead atoms. The van der Waals surface area contributed by atoms with Crippen LogP contribution in [0.4, 0.5) is 0 Å². The first-order valence-electron chi connectivity index (χ1n) is 7.82. The fourth-order valence-electron chi connectivity index (χ4n) is 2.38. The Kier molecular flexibility index (Phi) is 8.11. The van der Waals surface area contributed by atoms with Gasteiger partial charge in [-0.3, -0.25) is 4.90 Å². The van der Waals surface area contributed by atoms with Crippen LogP contribution in [-0.4, -0.2) is 53.3 Å². The van der Waals surface area contributed by atoms with E-state index in [0.29, 0.717) is 5.92 Å². The van der Waals surface area contributed by atoms with Crippen LogP contribution in [0.2, 0.25) is 0 Å². The summed E-state index contributed by atoms with van der Waals surface area (Å²) < 4.78 is 5.92. The second kappa shape index (κ2) is 9.84. The molecule has 2 N–H and O–H groups in total. The van der Waals surface area contributed by atoms with Crippen molar-refractivity contribution in [3.05, 3.63) is 29.8 Å². The third-order valence-corrected chi connectivity index (χ3v) is 3.59. The fraction of sp³-hybridized carbons (Fsp3) is 0.529. The van der Waals surface area contributed by atoms with Gasteiger partial charge in [-0.25, -0.2) is 9.59 Å². The average molecular weight is 323 g/mol. The molecule has 0 unspecified atom stereocenters. The highest BCUT2D eigenvalue weighted by atomic mass is 16.5. The first-order valence-corrected chi connectivity index (χ1v) is 7.82. The molecule has 0 atom stereocenters. The Morgan fingerprint density at radius 2 is 1.70 bits per heavy atom. The number of hydrogen-bond acceptors (Lipinski definition) is 4. The van der Waals surface area contributed by atoms with Gasteiger partial charge in [-0.15, -0.1) is 0 Å². The highest BCUT2D eigenvalue weighted by Gasteiger charge is 2.12. The minimum Gasteiger partial charge on any atom is -0.492 e. The zero-order chi connectivity index (χ0) is 17.2. The van der Waals surface area contributed by atoms with E-state index in [1.807, 2.05) is 0 Å². The van der Waals surface area contributed by atoms with Crippen molar-refractivity contribution < 1.29 is 24.5 Å². The van der Waals surface area contributed by atoms with Crippen molar-refractivity contribution in [1.29, 1.82) is 0 Å². The average Bonchev–Trinajstić information content (AvgIpc) is 3.01. The highest BCUT2D eigenvalue weighted by Crippen LogP contribution is 2.25. The van der Waals surface area contributed by atoms with Gasteiger partial charge in [-0.05, 0) is 43.5 Å². The maximum atomic E-state index is 9.10. The van der Waals surface area contributed by atoms with Gasteiger partial charge in [-0.2, -0.15) is 0 Å². The summed E-state index contributed by atoms with van der Waals surface area (Å²) in [6, 6.07) is 8.38. The topological polar surface area (TPSA) is 87.1 Å². The van der Waals surface area contributed by atoms with Crippen molar-refractivity contribution >= 4 is 11.9 Å². The number of hydrogen-bond donors (Lipinski definition) is 2. The van der Waals surface area contributed by atoms with Gasteiger partial charge in [0.1, 0.15) is 12.4 Å². The van der Waals surface area contributed by atoms with Crippen molar-refractivity contribution in [2.24, 2.45) is 0 Å². The standard InChI is InChI=1S/C15H23NO.C2H2O4/c1-13(2)14-7-3-4-8-15(14)17-12-11-16-9-5-6-10-16;3-1(4)2(5)6/h3-4,7-8,13H,5-6,9-12H2,1-2H3;(H,3,4)(H,5,6). The smallest absolute Gasteiger partial charge is 0.414 e. The summed E-state index contributed by atoms with van der Waals surface area (Å²) in [6.07, 6.45) is 2.70. The van der Waals surface area contributed by atoms with Gasteiger partial charge in [0.25, 0.3) is 0 Å². The molecule has 0 spiro atoms. The number of rotatable bonds is 5. The minimum absolute atomic E-state index is 0.526. The molecule has 2 rings (SSSR count). The van der Waals surface area contributed by atoms with Crippen LogP contribution < -0.4 is 4.74 Å². The van der Waals surface area contributed by atoms with Gasteiger partial charge in [-0.1, -0.05) is 32.0 Å². The maximum absolute atomic E-state index is 9.10. The number of carbonyl (C=O) groups is 2. The lowest BCUT2D eigenvalue weighted by atomic mass is 10.0. The lowest BCUT2D eigenvalue weighted by molar-refractivity contribution is -0.159. The number of likely N-dealkylation sites (tertiary alicyclic amines) is 1. The van der Waals surface area contributed by atoms with Crippen molar-refractivity contribution in [3.63, 3.8) is 0 Å². The van der Waals surface area contributed by atoms with Crippen molar-refractivity contribution in [2.75, 3.05) is 26.2 Å². The van der Waals surface area contributed by atoms with E-state index in [0.717, 1.165) is 18.9 Å². The highest BCUT2D eigenvalue weighted by molar-refractivity contribution is 6.27. The van der Waals surface area contributed by atoms with Crippen LogP contribution >= 0.6 is 0 Å².